The van der Waals surface area contributed by atoms with Crippen LogP contribution in [0, 0.1) is 0 Å². The molecule has 0 radical (unpaired) electrons. The summed E-state index contributed by atoms with van der Waals surface area (Å²) >= 11 is 0. The van der Waals surface area contributed by atoms with Crippen LogP contribution in [0.1, 0.15) is 23.2 Å². The molecule has 2 heterocycles. The van der Waals surface area contributed by atoms with Gasteiger partial charge in [0.2, 0.25) is 0 Å². The van der Waals surface area contributed by atoms with Gasteiger partial charge in [0.25, 0.3) is 10.1 Å². The summed E-state index contributed by atoms with van der Waals surface area (Å²) in [5, 5.41) is 0. The lowest BCUT2D eigenvalue weighted by Gasteiger charge is -2.15. The quantitative estimate of drug-likeness (QED) is 0.752. The number of hydrogen-bond donors (Lipinski definition) is 0. The summed E-state index contributed by atoms with van der Waals surface area (Å²) in [6.45, 7) is 0.361. The molecule has 24 heavy (non-hydrogen) atoms. The first-order chi connectivity index (χ1) is 11.3. The van der Waals surface area contributed by atoms with Gasteiger partial charge in [0.1, 0.15) is 18.5 Å². The van der Waals surface area contributed by atoms with Gasteiger partial charge in [0.15, 0.2) is 5.78 Å². The summed E-state index contributed by atoms with van der Waals surface area (Å²) in [6.07, 6.45) is 0.732. The number of anilines is 1. The van der Waals surface area contributed by atoms with Crippen molar-refractivity contribution in [1.29, 1.82) is 0 Å². The van der Waals surface area contributed by atoms with Crippen LogP contribution >= 0.6 is 0 Å². The van der Waals surface area contributed by atoms with Gasteiger partial charge in [-0.25, -0.2) is 4.79 Å². The minimum absolute atomic E-state index is 0.0116. The Bertz CT molecular complexity index is 774. The van der Waals surface area contributed by atoms with Crippen LogP contribution in [0.4, 0.5) is 10.5 Å². The number of ether oxygens (including phenoxy) is 2. The molecule has 3 rings (SSSR count). The Kier molecular flexibility index (Phi) is 4.46. The minimum Gasteiger partial charge on any atom is -0.493 e. The fraction of sp³-hybridized carbons (Fsp3) is 0.467. The molecule has 1 aromatic carbocycles. The Balaban J connectivity index is 1.76. The summed E-state index contributed by atoms with van der Waals surface area (Å²) in [6, 6.07) is 4.90. The van der Waals surface area contributed by atoms with Crippen molar-refractivity contribution in [3.05, 3.63) is 23.8 Å². The zero-order valence-electron chi connectivity index (χ0n) is 13.1. The first-order valence-corrected chi connectivity index (χ1v) is 9.28. The van der Waals surface area contributed by atoms with E-state index in [0.29, 0.717) is 36.4 Å². The van der Waals surface area contributed by atoms with Crippen molar-refractivity contribution >= 4 is 27.7 Å². The molecule has 2 aliphatic rings. The van der Waals surface area contributed by atoms with E-state index in [4.69, 9.17) is 9.47 Å². The van der Waals surface area contributed by atoms with Crippen molar-refractivity contribution < 1.29 is 31.7 Å². The molecule has 2 aliphatic heterocycles. The number of fused-ring (bicyclic) bond motifs is 1. The van der Waals surface area contributed by atoms with E-state index in [1.165, 1.54) is 4.90 Å². The van der Waals surface area contributed by atoms with Crippen LogP contribution in [0.3, 0.4) is 0 Å². The van der Waals surface area contributed by atoms with Crippen molar-refractivity contribution in [2.24, 2.45) is 0 Å². The maximum atomic E-state index is 12.0. The fourth-order valence-electron chi connectivity index (χ4n) is 2.60. The normalized spacial score (nSPS) is 21.0. The topological polar surface area (TPSA) is 99.2 Å². The zero-order valence-corrected chi connectivity index (χ0v) is 13.9. The molecule has 9 heteroatoms. The van der Waals surface area contributed by atoms with Crippen LogP contribution in [0.2, 0.25) is 0 Å². The summed E-state index contributed by atoms with van der Waals surface area (Å²) in [5.74, 6) is 0.455. The van der Waals surface area contributed by atoms with Crippen molar-refractivity contribution in [2.45, 2.75) is 18.9 Å². The molecule has 0 saturated carbocycles. The number of carbonyl (C=O) groups is 2. The number of hydrogen-bond acceptors (Lipinski definition) is 7. The van der Waals surface area contributed by atoms with Gasteiger partial charge in [0, 0.05) is 12.5 Å². The largest absolute Gasteiger partial charge is 0.493 e. The summed E-state index contributed by atoms with van der Waals surface area (Å²) in [7, 11) is -3.60. The highest BCUT2D eigenvalue weighted by molar-refractivity contribution is 7.85. The van der Waals surface area contributed by atoms with Gasteiger partial charge in [-0.05, 0) is 18.6 Å². The molecule has 1 fully saturated rings. The van der Waals surface area contributed by atoms with E-state index in [0.717, 1.165) is 6.26 Å². The predicted molar refractivity (Wildman–Crippen MR) is 83.9 cm³/mol. The number of benzene rings is 1. The first-order valence-electron chi connectivity index (χ1n) is 7.46. The number of Topliss-reactive ketones (excluding diaryl/α,β-unsaturated/α-hetero) is 1. The monoisotopic (exact) mass is 355 g/mol. The number of ketones is 1. The third kappa shape index (κ3) is 3.68. The fourth-order valence-corrected chi connectivity index (χ4v) is 3.00. The maximum Gasteiger partial charge on any atom is 0.414 e. The summed E-state index contributed by atoms with van der Waals surface area (Å²) in [5.41, 5.74) is 1.02. The van der Waals surface area contributed by atoms with E-state index in [1.54, 1.807) is 18.2 Å². The van der Waals surface area contributed by atoms with E-state index in [2.05, 4.69) is 4.18 Å². The highest BCUT2D eigenvalue weighted by Gasteiger charge is 2.34. The van der Waals surface area contributed by atoms with Crippen molar-refractivity contribution in [3.63, 3.8) is 0 Å². The molecule has 1 aromatic rings. The average Bonchev–Trinajstić information content (AvgIpc) is 2.79. The standard InChI is InChI=1S/C15H17NO7S/c1-24(19,20)22-9-11-8-16(15(18)23-11)10-4-5-12-13(17)3-2-6-21-14(12)7-10/h4-5,7,11H,2-3,6,8-9H2,1H3. The Morgan fingerprint density at radius 1 is 1.33 bits per heavy atom. The molecule has 1 unspecified atom stereocenters. The van der Waals surface area contributed by atoms with E-state index in [-0.39, 0.29) is 18.9 Å². The maximum absolute atomic E-state index is 12.0. The lowest BCUT2D eigenvalue weighted by atomic mass is 10.1. The molecule has 1 saturated heterocycles. The van der Waals surface area contributed by atoms with Gasteiger partial charge in [-0.15, -0.1) is 0 Å². The van der Waals surface area contributed by atoms with Crippen LogP contribution in [0.25, 0.3) is 0 Å². The van der Waals surface area contributed by atoms with Crippen molar-refractivity contribution in [3.8, 4) is 5.75 Å². The Hall–Kier alpha value is -2.13. The molecule has 0 bridgehead atoms. The molecule has 8 nitrogen and oxygen atoms in total. The highest BCUT2D eigenvalue weighted by atomic mass is 32.2. The SMILES string of the molecule is CS(=O)(=O)OCC1CN(c2ccc3c(c2)OCCCC3=O)C(=O)O1. The Morgan fingerprint density at radius 2 is 2.12 bits per heavy atom. The summed E-state index contributed by atoms with van der Waals surface area (Å²) < 4.78 is 37.4. The van der Waals surface area contributed by atoms with Gasteiger partial charge in [-0.3, -0.25) is 13.9 Å². The molecule has 0 aliphatic carbocycles. The number of nitrogens with zero attached hydrogens (tertiary/aromatic N) is 1. The van der Waals surface area contributed by atoms with Crippen LogP contribution in [-0.2, 0) is 19.0 Å². The third-order valence-electron chi connectivity index (χ3n) is 3.73. The first kappa shape index (κ1) is 16.7. The van der Waals surface area contributed by atoms with Crippen molar-refractivity contribution in [1.82, 2.24) is 0 Å². The van der Waals surface area contributed by atoms with Gasteiger partial charge >= 0.3 is 6.09 Å². The van der Waals surface area contributed by atoms with E-state index in [9.17, 15) is 18.0 Å². The van der Waals surface area contributed by atoms with Crippen LogP contribution in [0.5, 0.6) is 5.75 Å². The lowest BCUT2D eigenvalue weighted by molar-refractivity contribution is 0.0983. The second-order valence-electron chi connectivity index (χ2n) is 5.66. The van der Waals surface area contributed by atoms with Gasteiger partial charge < -0.3 is 9.47 Å². The molecular formula is C15H17NO7S. The molecule has 1 atom stereocenters. The van der Waals surface area contributed by atoms with Crippen LogP contribution in [-0.4, -0.2) is 52.4 Å². The van der Waals surface area contributed by atoms with Gasteiger partial charge in [-0.2, -0.15) is 8.42 Å². The Morgan fingerprint density at radius 3 is 2.88 bits per heavy atom. The smallest absolute Gasteiger partial charge is 0.414 e. The van der Waals surface area contributed by atoms with Crippen LogP contribution < -0.4 is 9.64 Å². The molecular weight excluding hydrogens is 338 g/mol. The third-order valence-corrected chi connectivity index (χ3v) is 4.29. The molecule has 1 amide bonds. The summed E-state index contributed by atoms with van der Waals surface area (Å²) in [4.78, 5) is 25.3. The zero-order chi connectivity index (χ0) is 17.3. The Labute approximate surface area is 139 Å². The van der Waals surface area contributed by atoms with Crippen LogP contribution in [0.15, 0.2) is 18.2 Å². The van der Waals surface area contributed by atoms with Gasteiger partial charge in [0.05, 0.1) is 30.7 Å². The van der Waals surface area contributed by atoms with E-state index >= 15 is 0 Å². The van der Waals surface area contributed by atoms with E-state index in [1.807, 2.05) is 0 Å². The second-order valence-corrected chi connectivity index (χ2v) is 7.30. The number of carbonyl (C=O) groups excluding carboxylic acids is 2. The number of cyclic esters (lactones) is 1. The average molecular weight is 355 g/mol. The molecule has 0 spiro atoms. The second kappa shape index (κ2) is 6.40. The number of amides is 1. The van der Waals surface area contributed by atoms with Gasteiger partial charge in [-0.1, -0.05) is 0 Å². The minimum atomic E-state index is -3.60. The number of rotatable bonds is 4. The van der Waals surface area contributed by atoms with Crippen molar-refractivity contribution in [2.75, 3.05) is 30.9 Å². The molecule has 0 aromatic heterocycles. The predicted octanol–water partition coefficient (Wildman–Crippen LogP) is 1.34. The lowest BCUT2D eigenvalue weighted by Crippen LogP contribution is -2.26. The molecule has 130 valence electrons. The molecule has 0 N–H and O–H groups in total. The highest BCUT2D eigenvalue weighted by Crippen LogP contribution is 2.31. The van der Waals surface area contributed by atoms with E-state index < -0.39 is 22.3 Å².